The van der Waals surface area contributed by atoms with Crippen LogP contribution in [0.4, 0.5) is 5.69 Å². The van der Waals surface area contributed by atoms with E-state index in [-0.39, 0.29) is 22.8 Å². The monoisotopic (exact) mass is 523 g/mol. The molecule has 2 heterocycles. The molecule has 1 fully saturated rings. The van der Waals surface area contributed by atoms with E-state index < -0.39 is 5.97 Å². The molecule has 3 aromatic rings. The second kappa shape index (κ2) is 11.7. The Morgan fingerprint density at radius 2 is 2.00 bits per heavy atom. The quantitative estimate of drug-likeness (QED) is 0.266. The number of fused-ring (bicyclic) bond motifs is 1. The molecule has 1 amide bonds. The van der Waals surface area contributed by atoms with Gasteiger partial charge in [0.15, 0.2) is 4.77 Å². The predicted octanol–water partition coefficient (Wildman–Crippen LogP) is 2.87. The van der Waals surface area contributed by atoms with Gasteiger partial charge >= 0.3 is 5.97 Å². The number of methoxy groups -OCH3 is 1. The van der Waals surface area contributed by atoms with Crippen LogP contribution in [0.2, 0.25) is 0 Å². The zero-order valence-corrected chi connectivity index (χ0v) is 22.3. The van der Waals surface area contributed by atoms with Crippen molar-refractivity contribution in [1.82, 2.24) is 19.8 Å². The third-order valence-electron chi connectivity index (χ3n) is 6.72. The van der Waals surface area contributed by atoms with Crippen molar-refractivity contribution >= 4 is 40.7 Å². The number of ether oxygens (including phenoxy) is 1. The number of benzene rings is 2. The summed E-state index contributed by atoms with van der Waals surface area (Å²) < 4.78 is 6.07. The number of hydrogen-bond acceptors (Lipinski definition) is 7. The predicted molar refractivity (Wildman–Crippen MR) is 147 cm³/mol. The van der Waals surface area contributed by atoms with Crippen LogP contribution in [-0.4, -0.2) is 72.2 Å². The number of hydrogen-bond donors (Lipinski definition) is 2. The average Bonchev–Trinajstić information content (AvgIpc) is 2.88. The van der Waals surface area contributed by atoms with E-state index in [1.54, 1.807) is 0 Å². The molecule has 1 aliphatic heterocycles. The van der Waals surface area contributed by atoms with E-state index in [9.17, 15) is 14.4 Å². The lowest BCUT2D eigenvalue weighted by Gasteiger charge is -2.41. The van der Waals surface area contributed by atoms with Crippen LogP contribution in [0.3, 0.4) is 0 Å². The van der Waals surface area contributed by atoms with Gasteiger partial charge in [-0.3, -0.25) is 19.1 Å². The highest BCUT2D eigenvalue weighted by atomic mass is 32.1. The minimum Gasteiger partial charge on any atom is -0.465 e. The van der Waals surface area contributed by atoms with E-state index in [2.05, 4.69) is 58.2 Å². The molecular formula is C27H33N5O4S. The molecule has 1 unspecified atom stereocenters. The number of amides is 1. The summed E-state index contributed by atoms with van der Waals surface area (Å²) in [4.78, 5) is 45.0. The number of aryl methyl sites for hydroxylation is 1. The summed E-state index contributed by atoms with van der Waals surface area (Å²) in [5.41, 5.74) is 2.88. The van der Waals surface area contributed by atoms with Crippen LogP contribution in [0.25, 0.3) is 10.9 Å². The number of aromatic amines is 1. The first-order chi connectivity index (χ1) is 17.8. The molecule has 2 aromatic carbocycles. The second-order valence-corrected chi connectivity index (χ2v) is 9.85. The minimum atomic E-state index is -0.507. The SMILES string of the molecule is COC(=O)c1ccc2c(=O)n(CC(=O)NCCCN3CCN(c4cccc(C)c4)C(C)C3)c(=S)[nH]c2c1. The average molecular weight is 524 g/mol. The molecule has 0 spiro atoms. The van der Waals surface area contributed by atoms with Gasteiger partial charge in [-0.15, -0.1) is 0 Å². The van der Waals surface area contributed by atoms with E-state index in [1.807, 2.05) is 0 Å². The van der Waals surface area contributed by atoms with E-state index in [0.717, 1.165) is 32.6 Å². The molecule has 0 aliphatic carbocycles. The van der Waals surface area contributed by atoms with Gasteiger partial charge in [-0.1, -0.05) is 12.1 Å². The van der Waals surface area contributed by atoms with Gasteiger partial charge in [-0.05, 0) is 74.9 Å². The number of esters is 1. The summed E-state index contributed by atoms with van der Waals surface area (Å²) >= 11 is 5.31. The van der Waals surface area contributed by atoms with Gasteiger partial charge in [-0.2, -0.15) is 0 Å². The van der Waals surface area contributed by atoms with Crippen LogP contribution < -0.4 is 15.8 Å². The molecule has 0 radical (unpaired) electrons. The van der Waals surface area contributed by atoms with Crippen molar-refractivity contribution in [3.05, 3.63) is 68.7 Å². The topological polar surface area (TPSA) is 99.7 Å². The van der Waals surface area contributed by atoms with Crippen molar-refractivity contribution in [3.63, 3.8) is 0 Å². The lowest BCUT2D eigenvalue weighted by Crippen LogP contribution is -2.52. The Balaban J connectivity index is 1.27. The number of carbonyl (C=O) groups is 2. The summed E-state index contributed by atoms with van der Waals surface area (Å²) in [5, 5.41) is 3.24. The van der Waals surface area contributed by atoms with Crippen molar-refractivity contribution in [1.29, 1.82) is 0 Å². The fourth-order valence-electron chi connectivity index (χ4n) is 4.80. The Bertz CT molecular complexity index is 1420. The Hall–Kier alpha value is -3.50. The highest BCUT2D eigenvalue weighted by Gasteiger charge is 2.23. The standard InChI is InChI=1S/C27H33N5O4S/c1-18-6-4-7-21(14-18)31-13-12-30(16-19(31)2)11-5-10-28-24(33)17-32-25(34)22-9-8-20(26(35)36-3)15-23(22)29-27(32)37/h4,6-9,14-15,19H,5,10-13,16-17H2,1-3H3,(H,28,33)(H,29,37). The van der Waals surface area contributed by atoms with E-state index in [4.69, 9.17) is 17.0 Å². The molecular weight excluding hydrogens is 490 g/mol. The molecule has 2 N–H and O–H groups in total. The minimum absolute atomic E-state index is 0.120. The van der Waals surface area contributed by atoms with Crippen LogP contribution in [0.5, 0.6) is 0 Å². The Morgan fingerprint density at radius 1 is 1.19 bits per heavy atom. The highest BCUT2D eigenvalue weighted by molar-refractivity contribution is 7.71. The molecule has 0 saturated carbocycles. The van der Waals surface area contributed by atoms with Gasteiger partial charge in [0, 0.05) is 37.9 Å². The zero-order chi connectivity index (χ0) is 26.5. The molecule has 1 atom stereocenters. The van der Waals surface area contributed by atoms with Gasteiger partial charge in [0.05, 0.1) is 23.6 Å². The lowest BCUT2D eigenvalue weighted by molar-refractivity contribution is -0.121. The van der Waals surface area contributed by atoms with E-state index >= 15 is 0 Å². The first-order valence-electron chi connectivity index (χ1n) is 12.4. The Kier molecular flexibility index (Phi) is 8.40. The number of piperazine rings is 1. The number of anilines is 1. The van der Waals surface area contributed by atoms with Crippen LogP contribution in [0.1, 0.15) is 29.3 Å². The van der Waals surface area contributed by atoms with Gasteiger partial charge in [0.2, 0.25) is 5.91 Å². The maximum atomic E-state index is 12.9. The molecule has 0 bridgehead atoms. The fraction of sp³-hybridized carbons (Fsp3) is 0.407. The van der Waals surface area contributed by atoms with Gasteiger partial charge < -0.3 is 19.9 Å². The van der Waals surface area contributed by atoms with Gasteiger partial charge in [0.25, 0.3) is 5.56 Å². The third kappa shape index (κ3) is 6.26. The van der Waals surface area contributed by atoms with Crippen molar-refractivity contribution in [3.8, 4) is 0 Å². The smallest absolute Gasteiger partial charge is 0.337 e. The molecule has 1 saturated heterocycles. The molecule has 4 rings (SSSR count). The number of H-pyrrole nitrogens is 1. The maximum Gasteiger partial charge on any atom is 0.337 e. The molecule has 1 aromatic heterocycles. The molecule has 1 aliphatic rings. The van der Waals surface area contributed by atoms with Crippen LogP contribution in [0.15, 0.2) is 47.3 Å². The summed E-state index contributed by atoms with van der Waals surface area (Å²) in [6.07, 6.45) is 0.818. The fourth-order valence-corrected chi connectivity index (χ4v) is 5.06. The third-order valence-corrected chi connectivity index (χ3v) is 7.05. The Labute approximate surface area is 221 Å². The summed E-state index contributed by atoms with van der Waals surface area (Å²) in [5.74, 6) is -0.780. The zero-order valence-electron chi connectivity index (χ0n) is 21.5. The second-order valence-electron chi connectivity index (χ2n) is 9.46. The normalized spacial score (nSPS) is 16.1. The highest BCUT2D eigenvalue weighted by Crippen LogP contribution is 2.21. The Morgan fingerprint density at radius 3 is 2.73 bits per heavy atom. The first kappa shape index (κ1) is 26.6. The lowest BCUT2D eigenvalue weighted by atomic mass is 10.1. The van der Waals surface area contributed by atoms with Crippen molar-refractivity contribution in [2.75, 3.05) is 44.7 Å². The summed E-state index contributed by atoms with van der Waals surface area (Å²) in [6.45, 7) is 8.53. The molecule has 9 nitrogen and oxygen atoms in total. The van der Waals surface area contributed by atoms with E-state index in [1.165, 1.54) is 41.1 Å². The summed E-state index contributed by atoms with van der Waals surface area (Å²) in [7, 11) is 1.29. The van der Waals surface area contributed by atoms with Crippen molar-refractivity contribution in [2.24, 2.45) is 0 Å². The molecule has 37 heavy (non-hydrogen) atoms. The number of rotatable bonds is 8. The van der Waals surface area contributed by atoms with Gasteiger partial charge in [0.1, 0.15) is 6.54 Å². The van der Waals surface area contributed by atoms with Gasteiger partial charge in [-0.25, -0.2) is 4.79 Å². The van der Waals surface area contributed by atoms with Crippen LogP contribution >= 0.6 is 12.2 Å². The maximum absolute atomic E-state index is 12.9. The summed E-state index contributed by atoms with van der Waals surface area (Å²) in [6, 6.07) is 13.6. The number of aromatic nitrogens is 2. The van der Waals surface area contributed by atoms with Crippen molar-refractivity contribution < 1.29 is 14.3 Å². The van der Waals surface area contributed by atoms with Crippen LogP contribution in [0, 0.1) is 11.7 Å². The number of nitrogens with one attached hydrogen (secondary N) is 2. The molecule has 196 valence electrons. The van der Waals surface area contributed by atoms with Crippen molar-refractivity contribution in [2.45, 2.75) is 32.9 Å². The number of nitrogens with zero attached hydrogens (tertiary/aromatic N) is 3. The number of carbonyl (C=O) groups excluding carboxylic acids is 2. The largest absolute Gasteiger partial charge is 0.465 e. The molecule has 10 heteroatoms. The van der Waals surface area contributed by atoms with E-state index in [0.29, 0.717) is 29.1 Å². The first-order valence-corrected chi connectivity index (χ1v) is 12.8. The van der Waals surface area contributed by atoms with Crippen LogP contribution in [-0.2, 0) is 16.1 Å².